The number of nitrogen functional groups attached to an aromatic ring is 1. The van der Waals surface area contributed by atoms with Crippen molar-refractivity contribution < 1.29 is 5.11 Å². The SMILES string of the molecule is Nc1ccc(N2[C@@H]3CC[C@H]2C[C@@H](O)C3)cn1. The molecule has 2 fully saturated rings. The van der Waals surface area contributed by atoms with Crippen molar-refractivity contribution in [1.82, 2.24) is 4.98 Å². The molecule has 3 N–H and O–H groups in total. The minimum Gasteiger partial charge on any atom is -0.393 e. The lowest BCUT2D eigenvalue weighted by Gasteiger charge is -2.38. The number of piperidine rings is 1. The Kier molecular flexibility index (Phi) is 2.24. The minimum atomic E-state index is -0.115. The smallest absolute Gasteiger partial charge is 0.123 e. The molecular formula is C12H17N3O. The van der Waals surface area contributed by atoms with Crippen LogP contribution in [0.2, 0.25) is 0 Å². The summed E-state index contributed by atoms with van der Waals surface area (Å²) in [6, 6.07) is 4.85. The number of nitrogens with two attached hydrogens (primary N) is 1. The number of aliphatic hydroxyl groups is 1. The third kappa shape index (κ3) is 1.53. The van der Waals surface area contributed by atoms with E-state index in [1.54, 1.807) is 0 Å². The second kappa shape index (κ2) is 3.63. The molecule has 0 radical (unpaired) electrons. The molecule has 86 valence electrons. The first-order valence-electron chi connectivity index (χ1n) is 5.92. The fourth-order valence-corrected chi connectivity index (χ4v) is 3.12. The number of anilines is 2. The highest BCUT2D eigenvalue weighted by molar-refractivity contribution is 5.51. The van der Waals surface area contributed by atoms with Crippen molar-refractivity contribution in [3.8, 4) is 0 Å². The minimum absolute atomic E-state index is 0.115. The van der Waals surface area contributed by atoms with Gasteiger partial charge in [-0.25, -0.2) is 4.98 Å². The molecule has 3 rings (SSSR count). The van der Waals surface area contributed by atoms with Crippen molar-refractivity contribution in [2.45, 2.75) is 43.9 Å². The van der Waals surface area contributed by atoms with Crippen molar-refractivity contribution >= 4 is 11.5 Å². The van der Waals surface area contributed by atoms with Crippen LogP contribution in [0.3, 0.4) is 0 Å². The maximum atomic E-state index is 9.74. The predicted molar refractivity (Wildman–Crippen MR) is 63.2 cm³/mol. The summed E-state index contributed by atoms with van der Waals surface area (Å²) in [5.41, 5.74) is 6.74. The molecule has 2 aliphatic heterocycles. The molecule has 3 heterocycles. The molecule has 4 nitrogen and oxygen atoms in total. The zero-order valence-corrected chi connectivity index (χ0v) is 9.21. The van der Waals surface area contributed by atoms with Gasteiger partial charge in [-0.05, 0) is 37.8 Å². The van der Waals surface area contributed by atoms with Gasteiger partial charge in [-0.15, -0.1) is 0 Å². The molecule has 3 atom stereocenters. The van der Waals surface area contributed by atoms with Crippen molar-refractivity contribution in [2.75, 3.05) is 10.6 Å². The summed E-state index contributed by atoms with van der Waals surface area (Å²) < 4.78 is 0. The fraction of sp³-hybridized carbons (Fsp3) is 0.583. The van der Waals surface area contributed by atoms with Gasteiger partial charge in [0, 0.05) is 12.1 Å². The number of rotatable bonds is 1. The molecule has 1 aromatic rings. The van der Waals surface area contributed by atoms with Crippen LogP contribution < -0.4 is 10.6 Å². The van der Waals surface area contributed by atoms with Crippen LogP contribution in [0, 0.1) is 0 Å². The number of aliphatic hydroxyl groups excluding tert-OH is 1. The van der Waals surface area contributed by atoms with Crippen LogP contribution in [0.4, 0.5) is 11.5 Å². The van der Waals surface area contributed by atoms with E-state index in [-0.39, 0.29) is 6.10 Å². The van der Waals surface area contributed by atoms with E-state index in [9.17, 15) is 5.11 Å². The third-order valence-corrected chi connectivity index (χ3v) is 3.78. The molecule has 4 heteroatoms. The summed E-state index contributed by atoms with van der Waals surface area (Å²) in [5.74, 6) is 0.563. The van der Waals surface area contributed by atoms with E-state index in [4.69, 9.17) is 5.73 Å². The Labute approximate surface area is 95.1 Å². The second-order valence-electron chi connectivity index (χ2n) is 4.86. The Morgan fingerprint density at radius 1 is 1.25 bits per heavy atom. The zero-order chi connectivity index (χ0) is 11.1. The quantitative estimate of drug-likeness (QED) is 0.744. The van der Waals surface area contributed by atoms with E-state index < -0.39 is 0 Å². The second-order valence-corrected chi connectivity index (χ2v) is 4.86. The highest BCUT2D eigenvalue weighted by Crippen LogP contribution is 2.38. The van der Waals surface area contributed by atoms with Crippen molar-refractivity contribution in [1.29, 1.82) is 0 Å². The maximum Gasteiger partial charge on any atom is 0.123 e. The first kappa shape index (κ1) is 9.90. The number of hydrogen-bond donors (Lipinski definition) is 2. The third-order valence-electron chi connectivity index (χ3n) is 3.78. The van der Waals surface area contributed by atoms with Crippen LogP contribution in [0.25, 0.3) is 0 Å². The van der Waals surface area contributed by atoms with E-state index >= 15 is 0 Å². The Morgan fingerprint density at radius 3 is 2.50 bits per heavy atom. The number of pyridine rings is 1. The van der Waals surface area contributed by atoms with Gasteiger partial charge >= 0.3 is 0 Å². The molecule has 0 spiro atoms. The van der Waals surface area contributed by atoms with Gasteiger partial charge < -0.3 is 15.7 Å². The molecule has 0 aliphatic carbocycles. The summed E-state index contributed by atoms with van der Waals surface area (Å²) in [7, 11) is 0. The van der Waals surface area contributed by atoms with Gasteiger partial charge in [0.25, 0.3) is 0 Å². The Balaban J connectivity index is 1.88. The van der Waals surface area contributed by atoms with Crippen LogP contribution in [-0.4, -0.2) is 28.3 Å². The molecule has 0 unspecified atom stereocenters. The molecule has 2 aliphatic rings. The lowest BCUT2D eigenvalue weighted by molar-refractivity contribution is 0.126. The monoisotopic (exact) mass is 219 g/mol. The number of nitrogens with zero attached hydrogens (tertiary/aromatic N) is 2. The fourth-order valence-electron chi connectivity index (χ4n) is 3.12. The molecular weight excluding hydrogens is 202 g/mol. The van der Waals surface area contributed by atoms with Crippen molar-refractivity contribution in [3.63, 3.8) is 0 Å². The van der Waals surface area contributed by atoms with Crippen LogP contribution in [0.5, 0.6) is 0 Å². The summed E-state index contributed by atoms with van der Waals surface area (Å²) in [5, 5.41) is 9.74. The van der Waals surface area contributed by atoms with Gasteiger partial charge in [0.1, 0.15) is 5.82 Å². The molecule has 2 bridgehead atoms. The van der Waals surface area contributed by atoms with Crippen LogP contribution >= 0.6 is 0 Å². The van der Waals surface area contributed by atoms with E-state index in [1.165, 1.54) is 12.8 Å². The highest BCUT2D eigenvalue weighted by Gasteiger charge is 2.40. The lowest BCUT2D eigenvalue weighted by Crippen LogP contribution is -2.44. The van der Waals surface area contributed by atoms with Gasteiger partial charge in [-0.3, -0.25) is 0 Å². The van der Waals surface area contributed by atoms with Crippen LogP contribution in [0.15, 0.2) is 18.3 Å². The first-order valence-corrected chi connectivity index (χ1v) is 5.92. The summed E-state index contributed by atoms with van der Waals surface area (Å²) >= 11 is 0. The molecule has 2 saturated heterocycles. The van der Waals surface area contributed by atoms with E-state index in [0.29, 0.717) is 17.9 Å². The Hall–Kier alpha value is -1.29. The molecule has 0 aromatic carbocycles. The maximum absolute atomic E-state index is 9.74. The lowest BCUT2D eigenvalue weighted by atomic mass is 9.99. The van der Waals surface area contributed by atoms with E-state index in [0.717, 1.165) is 18.5 Å². The van der Waals surface area contributed by atoms with Gasteiger partial charge in [0.05, 0.1) is 18.0 Å². The first-order chi connectivity index (χ1) is 7.74. The van der Waals surface area contributed by atoms with E-state index in [2.05, 4.69) is 9.88 Å². The standard InChI is InChI=1S/C12H17N3O/c13-12-4-3-10(7-14-12)15-8-1-2-9(15)6-11(16)5-8/h3-4,7-9,11,16H,1-2,5-6H2,(H2,13,14)/t8-,9+,11+. The van der Waals surface area contributed by atoms with Crippen LogP contribution in [0.1, 0.15) is 25.7 Å². The highest BCUT2D eigenvalue weighted by atomic mass is 16.3. The van der Waals surface area contributed by atoms with Crippen molar-refractivity contribution in [3.05, 3.63) is 18.3 Å². The average Bonchev–Trinajstić information content (AvgIpc) is 2.54. The Bertz CT molecular complexity index is 364. The molecule has 0 amide bonds. The van der Waals surface area contributed by atoms with E-state index in [1.807, 2.05) is 18.3 Å². The van der Waals surface area contributed by atoms with Gasteiger partial charge in [-0.2, -0.15) is 0 Å². The summed E-state index contributed by atoms with van der Waals surface area (Å²) in [4.78, 5) is 6.56. The Morgan fingerprint density at radius 2 is 1.94 bits per heavy atom. The summed E-state index contributed by atoms with van der Waals surface area (Å²) in [6.45, 7) is 0. The topological polar surface area (TPSA) is 62.4 Å². The number of aromatic nitrogens is 1. The van der Waals surface area contributed by atoms with Crippen molar-refractivity contribution in [2.24, 2.45) is 0 Å². The largest absolute Gasteiger partial charge is 0.393 e. The predicted octanol–water partition coefficient (Wildman–Crippen LogP) is 1.16. The zero-order valence-electron chi connectivity index (χ0n) is 9.21. The van der Waals surface area contributed by atoms with Gasteiger partial charge in [-0.1, -0.05) is 0 Å². The van der Waals surface area contributed by atoms with Gasteiger partial charge in [0.2, 0.25) is 0 Å². The summed E-state index contributed by atoms with van der Waals surface area (Å²) in [6.07, 6.45) is 5.88. The van der Waals surface area contributed by atoms with Crippen LogP contribution in [-0.2, 0) is 0 Å². The molecule has 16 heavy (non-hydrogen) atoms. The number of fused-ring (bicyclic) bond motifs is 2. The molecule has 0 saturated carbocycles. The van der Waals surface area contributed by atoms with Gasteiger partial charge in [0.15, 0.2) is 0 Å². The normalized spacial score (nSPS) is 33.1. The number of hydrogen-bond acceptors (Lipinski definition) is 4. The average molecular weight is 219 g/mol. The molecule has 1 aromatic heterocycles.